The summed E-state index contributed by atoms with van der Waals surface area (Å²) in [7, 11) is 0. The summed E-state index contributed by atoms with van der Waals surface area (Å²) in [4.78, 5) is 17.3. The Bertz CT molecular complexity index is 1760. The lowest BCUT2D eigenvalue weighted by molar-refractivity contribution is -0.114. The van der Waals surface area contributed by atoms with E-state index >= 15 is 0 Å². The summed E-state index contributed by atoms with van der Waals surface area (Å²) in [5.74, 6) is 0.254. The Morgan fingerprint density at radius 3 is 2.69 bits per heavy atom. The van der Waals surface area contributed by atoms with Gasteiger partial charge < -0.3 is 9.30 Å². The van der Waals surface area contributed by atoms with E-state index in [1.165, 1.54) is 16.8 Å². The second kappa shape index (κ2) is 10.4. The number of aromatic nitrogens is 1. The normalized spacial score (nSPS) is 16.1. The van der Waals surface area contributed by atoms with Crippen LogP contribution in [-0.2, 0) is 11.3 Å². The number of rotatable bonds is 6. The lowest BCUT2D eigenvalue weighted by atomic mass is 10.1. The van der Waals surface area contributed by atoms with Crippen molar-refractivity contribution in [3.63, 3.8) is 0 Å². The second-order valence-electron chi connectivity index (χ2n) is 9.03. The first kappa shape index (κ1) is 25.4. The molecule has 194 valence electrons. The van der Waals surface area contributed by atoms with Crippen LogP contribution in [0.15, 0.2) is 88.6 Å². The molecule has 2 aliphatic rings. The van der Waals surface area contributed by atoms with Crippen molar-refractivity contribution < 1.29 is 9.53 Å². The molecule has 1 N–H and O–H groups in total. The number of hydrogen-bond acceptors (Lipinski definition) is 5. The first-order chi connectivity index (χ1) is 18.9. The van der Waals surface area contributed by atoms with Gasteiger partial charge in [0.05, 0.1) is 5.57 Å². The highest BCUT2D eigenvalue weighted by molar-refractivity contribution is 8.27. The van der Waals surface area contributed by atoms with E-state index in [0.717, 1.165) is 33.3 Å². The molecule has 0 spiro atoms. The van der Waals surface area contributed by atoms with E-state index < -0.39 is 5.91 Å². The third-order valence-corrected chi connectivity index (χ3v) is 7.89. The van der Waals surface area contributed by atoms with Crippen LogP contribution in [0, 0.1) is 12.3 Å². The van der Waals surface area contributed by atoms with Crippen LogP contribution in [0.4, 0.5) is 0 Å². The number of thioether (sulfide) groups is 1. The molecule has 0 saturated heterocycles. The Kier molecular flexibility index (Phi) is 6.76. The molecular weight excluding hydrogens is 553 g/mol. The number of aliphatic imine (C=N–C) groups is 1. The van der Waals surface area contributed by atoms with Crippen molar-refractivity contribution in [2.45, 2.75) is 13.5 Å². The topological polar surface area (TPSA) is 83.0 Å². The number of carbonyl (C=O) groups excluding carboxylic acids is 1. The SMILES string of the molecule is Cc1ccccc1OCC1=NN2C(=N)C(=Cc3cn(Cc4ccc(Cl)cc4Cl)c4ccccc34)C(=O)N=C2S1. The highest BCUT2D eigenvalue weighted by atomic mass is 35.5. The molecule has 3 heterocycles. The number of benzene rings is 3. The maximum absolute atomic E-state index is 13.0. The molecule has 2 aliphatic heterocycles. The van der Waals surface area contributed by atoms with E-state index in [0.29, 0.717) is 26.8 Å². The lowest BCUT2D eigenvalue weighted by Gasteiger charge is -2.20. The number of aryl methyl sites for hydroxylation is 1. The van der Waals surface area contributed by atoms with E-state index in [4.69, 9.17) is 33.3 Å². The number of halogens is 2. The van der Waals surface area contributed by atoms with Crippen LogP contribution in [0.3, 0.4) is 0 Å². The third kappa shape index (κ3) is 4.98. The molecule has 0 radical (unpaired) electrons. The fourth-order valence-electron chi connectivity index (χ4n) is 4.46. The van der Waals surface area contributed by atoms with Gasteiger partial charge in [-0.3, -0.25) is 10.2 Å². The van der Waals surface area contributed by atoms with E-state index in [1.807, 2.05) is 73.8 Å². The maximum atomic E-state index is 13.0. The number of para-hydroxylation sites is 2. The molecule has 0 fully saturated rings. The maximum Gasteiger partial charge on any atom is 0.283 e. The molecule has 7 nitrogen and oxygen atoms in total. The Morgan fingerprint density at radius 1 is 1.08 bits per heavy atom. The standard InChI is InChI=1S/C29H21Cl2N5O2S/c1-17-6-2-5-9-25(17)38-16-26-34-36-27(32)22(28(37)33-29(36)39-26)12-19-15-35(24-8-4-3-7-21(19)24)14-18-10-11-20(30)13-23(18)31/h2-13,15,32H,14,16H2,1H3. The molecule has 6 rings (SSSR count). The lowest BCUT2D eigenvalue weighted by Crippen LogP contribution is -2.35. The largest absolute Gasteiger partial charge is 0.486 e. The van der Waals surface area contributed by atoms with Gasteiger partial charge in [-0.2, -0.15) is 15.1 Å². The summed E-state index contributed by atoms with van der Waals surface area (Å²) in [5.41, 5.74) is 3.86. The average Bonchev–Trinajstić information content (AvgIpc) is 3.49. The highest BCUT2D eigenvalue weighted by Gasteiger charge is 2.36. The number of amidine groups is 2. The van der Waals surface area contributed by atoms with Gasteiger partial charge in [0.2, 0.25) is 5.17 Å². The summed E-state index contributed by atoms with van der Waals surface area (Å²) in [6.45, 7) is 2.70. The molecule has 0 saturated carbocycles. The van der Waals surface area contributed by atoms with Gasteiger partial charge in [0.1, 0.15) is 17.4 Å². The van der Waals surface area contributed by atoms with Crippen molar-refractivity contribution in [2.75, 3.05) is 6.61 Å². The van der Waals surface area contributed by atoms with Crippen LogP contribution in [0.2, 0.25) is 10.0 Å². The number of fused-ring (bicyclic) bond motifs is 2. The molecule has 1 aromatic heterocycles. The van der Waals surface area contributed by atoms with Gasteiger partial charge in [0.15, 0.2) is 5.84 Å². The molecule has 10 heteroatoms. The highest BCUT2D eigenvalue weighted by Crippen LogP contribution is 2.31. The van der Waals surface area contributed by atoms with Crippen LogP contribution in [0.5, 0.6) is 5.75 Å². The first-order valence-electron chi connectivity index (χ1n) is 12.1. The van der Waals surface area contributed by atoms with Gasteiger partial charge in [0, 0.05) is 39.3 Å². The van der Waals surface area contributed by atoms with Gasteiger partial charge in [-0.25, -0.2) is 0 Å². The third-order valence-electron chi connectivity index (χ3n) is 6.42. The number of nitrogens with one attached hydrogen (secondary N) is 1. The predicted molar refractivity (Wildman–Crippen MR) is 159 cm³/mol. The molecular formula is C29H21Cl2N5O2S. The summed E-state index contributed by atoms with van der Waals surface area (Å²) in [6.07, 6.45) is 3.65. The zero-order valence-corrected chi connectivity index (χ0v) is 23.0. The van der Waals surface area contributed by atoms with E-state index in [1.54, 1.807) is 12.1 Å². The monoisotopic (exact) mass is 573 g/mol. The smallest absolute Gasteiger partial charge is 0.283 e. The molecule has 0 atom stereocenters. The molecule has 39 heavy (non-hydrogen) atoms. The van der Waals surface area contributed by atoms with Crippen molar-refractivity contribution >= 4 is 73.9 Å². The molecule has 0 bridgehead atoms. The fourth-order valence-corrected chi connectivity index (χ4v) is 5.72. The van der Waals surface area contributed by atoms with Crippen LogP contribution < -0.4 is 4.74 Å². The van der Waals surface area contributed by atoms with Gasteiger partial charge in [-0.05, 0) is 60.2 Å². The Balaban J connectivity index is 1.29. The second-order valence-corrected chi connectivity index (χ2v) is 10.9. The Hall–Kier alpha value is -3.85. The summed E-state index contributed by atoms with van der Waals surface area (Å²) >= 11 is 13.7. The number of nitrogens with zero attached hydrogens (tertiary/aromatic N) is 4. The number of amides is 1. The molecule has 0 aliphatic carbocycles. The van der Waals surface area contributed by atoms with E-state index in [9.17, 15) is 4.79 Å². The van der Waals surface area contributed by atoms with Gasteiger partial charge >= 0.3 is 0 Å². The van der Waals surface area contributed by atoms with Crippen LogP contribution in [-0.4, -0.2) is 38.1 Å². The van der Waals surface area contributed by atoms with Crippen molar-refractivity contribution in [2.24, 2.45) is 10.1 Å². The zero-order chi connectivity index (χ0) is 27.1. The van der Waals surface area contributed by atoms with Crippen LogP contribution in [0.1, 0.15) is 16.7 Å². The minimum Gasteiger partial charge on any atom is -0.486 e. The summed E-state index contributed by atoms with van der Waals surface area (Å²) in [5, 5.41) is 17.7. The molecule has 1 amide bonds. The van der Waals surface area contributed by atoms with Crippen molar-refractivity contribution in [3.8, 4) is 5.75 Å². The minimum atomic E-state index is -0.479. The molecule has 0 unspecified atom stereocenters. The van der Waals surface area contributed by atoms with Crippen molar-refractivity contribution in [3.05, 3.63) is 105 Å². The van der Waals surface area contributed by atoms with Crippen molar-refractivity contribution in [1.82, 2.24) is 9.58 Å². The van der Waals surface area contributed by atoms with Gasteiger partial charge in [-0.15, -0.1) is 0 Å². The van der Waals surface area contributed by atoms with Crippen molar-refractivity contribution in [1.29, 1.82) is 5.41 Å². The Morgan fingerprint density at radius 2 is 1.87 bits per heavy atom. The van der Waals surface area contributed by atoms with E-state index in [2.05, 4.69) is 14.7 Å². The van der Waals surface area contributed by atoms with E-state index in [-0.39, 0.29) is 18.0 Å². The number of carbonyl (C=O) groups is 1. The van der Waals surface area contributed by atoms with Crippen LogP contribution in [0.25, 0.3) is 17.0 Å². The summed E-state index contributed by atoms with van der Waals surface area (Å²) in [6, 6.07) is 21.0. The molecule has 4 aromatic rings. The number of hydrazone groups is 1. The van der Waals surface area contributed by atoms with Crippen LogP contribution >= 0.6 is 35.0 Å². The quantitative estimate of drug-likeness (QED) is 0.251. The molecule has 3 aromatic carbocycles. The predicted octanol–water partition coefficient (Wildman–Crippen LogP) is 7.00. The summed E-state index contributed by atoms with van der Waals surface area (Å²) < 4.78 is 7.97. The van der Waals surface area contributed by atoms with Gasteiger partial charge in [-0.1, -0.05) is 65.7 Å². The van der Waals surface area contributed by atoms with Gasteiger partial charge in [0.25, 0.3) is 5.91 Å². The number of ether oxygens (including phenoxy) is 1. The number of hydrogen-bond donors (Lipinski definition) is 1. The average molecular weight is 574 g/mol. The zero-order valence-electron chi connectivity index (χ0n) is 20.7. The Labute approximate surface area is 238 Å². The fraction of sp³-hybridized carbons (Fsp3) is 0.103. The first-order valence-corrected chi connectivity index (χ1v) is 13.6. The minimum absolute atomic E-state index is 0.0269.